The Morgan fingerprint density at radius 1 is 1.45 bits per heavy atom. The van der Waals surface area contributed by atoms with E-state index < -0.39 is 11.7 Å². The van der Waals surface area contributed by atoms with Gasteiger partial charge in [0.15, 0.2) is 6.19 Å². The summed E-state index contributed by atoms with van der Waals surface area (Å²) in [6, 6.07) is 7.40. The van der Waals surface area contributed by atoms with Gasteiger partial charge in [-0.2, -0.15) is 5.26 Å². The van der Waals surface area contributed by atoms with Crippen LogP contribution in [0, 0.1) is 17.4 Å². The number of methoxy groups -OCH3 is 1. The second-order valence-corrected chi connectivity index (χ2v) is 8.15. The standard InChI is InChI=1S/C22H26N6O3/c1-15(8-12-27-13-10-24-25-27)19-20-17(9-11-26(19)14-23)16-6-4-5-7-18(16)28(20)22(2,30)21(29)31-3/h4-7,10,13,15,19,30H,8-9,11-12H2,1-3H3. The Morgan fingerprint density at radius 2 is 2.23 bits per heavy atom. The first-order valence-corrected chi connectivity index (χ1v) is 10.3. The first-order chi connectivity index (χ1) is 14.9. The van der Waals surface area contributed by atoms with Gasteiger partial charge >= 0.3 is 5.97 Å². The van der Waals surface area contributed by atoms with Crippen LogP contribution in [0.2, 0.25) is 0 Å². The fourth-order valence-corrected chi connectivity index (χ4v) is 4.71. The van der Waals surface area contributed by atoms with Crippen LogP contribution in [0.15, 0.2) is 36.7 Å². The van der Waals surface area contributed by atoms with Gasteiger partial charge in [-0.3, -0.25) is 4.68 Å². The molecule has 0 saturated heterocycles. The highest BCUT2D eigenvalue weighted by Crippen LogP contribution is 2.43. The molecule has 162 valence electrons. The van der Waals surface area contributed by atoms with Crippen molar-refractivity contribution in [3.8, 4) is 6.19 Å². The molecule has 0 fully saturated rings. The number of esters is 1. The Morgan fingerprint density at radius 3 is 2.90 bits per heavy atom. The van der Waals surface area contributed by atoms with Crippen molar-refractivity contribution in [3.05, 3.63) is 47.9 Å². The van der Waals surface area contributed by atoms with Gasteiger partial charge < -0.3 is 19.3 Å². The summed E-state index contributed by atoms with van der Waals surface area (Å²) >= 11 is 0. The number of aliphatic hydroxyl groups is 1. The highest BCUT2D eigenvalue weighted by atomic mass is 16.5. The van der Waals surface area contributed by atoms with Gasteiger partial charge in [-0.25, -0.2) is 4.79 Å². The summed E-state index contributed by atoms with van der Waals surface area (Å²) in [6.45, 7) is 4.75. The van der Waals surface area contributed by atoms with E-state index in [9.17, 15) is 15.2 Å². The third kappa shape index (κ3) is 3.43. The maximum Gasteiger partial charge on any atom is 0.359 e. The Bertz CT molecular complexity index is 1130. The van der Waals surface area contributed by atoms with Crippen molar-refractivity contribution in [2.24, 2.45) is 5.92 Å². The second-order valence-electron chi connectivity index (χ2n) is 8.15. The maximum absolute atomic E-state index is 12.6. The molecule has 0 radical (unpaired) electrons. The van der Waals surface area contributed by atoms with E-state index in [1.807, 2.05) is 24.3 Å². The highest BCUT2D eigenvalue weighted by molar-refractivity contribution is 5.89. The van der Waals surface area contributed by atoms with Gasteiger partial charge in [0.2, 0.25) is 5.72 Å². The van der Waals surface area contributed by atoms with Gasteiger partial charge in [0.25, 0.3) is 0 Å². The van der Waals surface area contributed by atoms with E-state index in [0.717, 1.165) is 28.6 Å². The van der Waals surface area contributed by atoms with Gasteiger partial charge in [-0.1, -0.05) is 30.3 Å². The number of aryl methyl sites for hydroxylation is 1. The Hall–Kier alpha value is -3.38. The molecule has 2 aromatic heterocycles. The lowest BCUT2D eigenvalue weighted by Gasteiger charge is -2.39. The average Bonchev–Trinajstić information content (AvgIpc) is 3.42. The minimum absolute atomic E-state index is 0.0411. The number of rotatable bonds is 6. The molecule has 3 unspecified atom stereocenters. The molecule has 3 atom stereocenters. The zero-order chi connectivity index (χ0) is 22.2. The second kappa shape index (κ2) is 8.04. The summed E-state index contributed by atoms with van der Waals surface area (Å²) in [5, 5.41) is 30.0. The molecule has 31 heavy (non-hydrogen) atoms. The van der Waals surface area contributed by atoms with E-state index in [2.05, 4.69) is 23.4 Å². The topological polar surface area (TPSA) is 109 Å². The molecule has 1 N–H and O–H groups in total. The van der Waals surface area contributed by atoms with E-state index in [-0.39, 0.29) is 12.0 Å². The highest BCUT2D eigenvalue weighted by Gasteiger charge is 2.43. The molecule has 0 amide bonds. The molecular weight excluding hydrogens is 396 g/mol. The molecule has 3 heterocycles. The SMILES string of the molecule is COC(=O)C(C)(O)n1c2c(c3ccccc31)CCN(C#N)C2C(C)CCn1ccnn1. The first kappa shape index (κ1) is 20.9. The zero-order valence-electron chi connectivity index (χ0n) is 17.9. The average molecular weight is 422 g/mol. The van der Waals surface area contributed by atoms with Crippen molar-refractivity contribution in [3.63, 3.8) is 0 Å². The maximum atomic E-state index is 12.6. The Kier molecular flexibility index (Phi) is 5.41. The lowest BCUT2D eigenvalue weighted by Crippen LogP contribution is -2.44. The molecule has 0 saturated carbocycles. The fraction of sp³-hybridized carbons (Fsp3) is 0.455. The molecule has 0 aliphatic carbocycles. The van der Waals surface area contributed by atoms with Crippen LogP contribution in [0.5, 0.6) is 0 Å². The van der Waals surface area contributed by atoms with Crippen molar-refractivity contribution in [1.29, 1.82) is 5.26 Å². The van der Waals surface area contributed by atoms with Gasteiger partial charge in [-0.15, -0.1) is 5.10 Å². The number of carbonyl (C=O) groups excluding carboxylic acids is 1. The van der Waals surface area contributed by atoms with E-state index in [0.29, 0.717) is 19.5 Å². The minimum Gasteiger partial charge on any atom is -0.465 e. The number of para-hydroxylation sites is 1. The Balaban J connectivity index is 1.87. The van der Waals surface area contributed by atoms with E-state index in [1.54, 1.807) is 26.5 Å². The van der Waals surface area contributed by atoms with E-state index in [1.165, 1.54) is 14.0 Å². The predicted octanol–water partition coefficient (Wildman–Crippen LogP) is 2.18. The molecule has 1 aliphatic rings. The van der Waals surface area contributed by atoms with E-state index in [4.69, 9.17) is 4.74 Å². The number of hydrogen-bond donors (Lipinski definition) is 1. The number of nitrogens with zero attached hydrogens (tertiary/aromatic N) is 6. The van der Waals surface area contributed by atoms with Gasteiger partial charge in [-0.05, 0) is 37.3 Å². The summed E-state index contributed by atoms with van der Waals surface area (Å²) in [5.74, 6) is -0.710. The molecule has 3 aromatic rings. The summed E-state index contributed by atoms with van der Waals surface area (Å²) in [5.41, 5.74) is 0.681. The number of carbonyl (C=O) groups is 1. The first-order valence-electron chi connectivity index (χ1n) is 10.3. The molecular formula is C22H26N6O3. The number of nitriles is 1. The Labute approximate surface area is 180 Å². The lowest BCUT2D eigenvalue weighted by molar-refractivity contribution is -0.171. The number of benzene rings is 1. The smallest absolute Gasteiger partial charge is 0.359 e. The molecule has 9 nitrogen and oxygen atoms in total. The number of aromatic nitrogens is 4. The summed E-state index contributed by atoms with van der Waals surface area (Å²) in [7, 11) is 1.26. The third-order valence-corrected chi connectivity index (χ3v) is 6.20. The molecule has 9 heteroatoms. The van der Waals surface area contributed by atoms with Crippen LogP contribution in [-0.4, -0.2) is 49.2 Å². The van der Waals surface area contributed by atoms with Crippen molar-refractivity contribution in [2.45, 2.75) is 45.0 Å². The monoisotopic (exact) mass is 422 g/mol. The number of hydrogen-bond acceptors (Lipinski definition) is 7. The van der Waals surface area contributed by atoms with Crippen LogP contribution in [0.4, 0.5) is 0 Å². The molecule has 0 bridgehead atoms. The summed E-state index contributed by atoms with van der Waals surface area (Å²) in [4.78, 5) is 14.3. The quantitative estimate of drug-likeness (QED) is 0.479. The van der Waals surface area contributed by atoms with Crippen molar-refractivity contribution >= 4 is 16.9 Å². The minimum atomic E-state index is -1.91. The lowest BCUT2D eigenvalue weighted by atomic mass is 9.87. The third-order valence-electron chi connectivity index (χ3n) is 6.20. The van der Waals surface area contributed by atoms with Crippen LogP contribution < -0.4 is 0 Å². The van der Waals surface area contributed by atoms with Crippen LogP contribution in [-0.2, 0) is 28.2 Å². The van der Waals surface area contributed by atoms with Crippen LogP contribution in [0.25, 0.3) is 10.9 Å². The van der Waals surface area contributed by atoms with Crippen LogP contribution >= 0.6 is 0 Å². The predicted molar refractivity (Wildman–Crippen MR) is 112 cm³/mol. The van der Waals surface area contributed by atoms with Crippen LogP contribution in [0.1, 0.15) is 37.6 Å². The van der Waals surface area contributed by atoms with Gasteiger partial charge in [0.05, 0.1) is 24.9 Å². The van der Waals surface area contributed by atoms with Crippen molar-refractivity contribution in [2.75, 3.05) is 13.7 Å². The number of fused-ring (bicyclic) bond motifs is 3. The van der Waals surface area contributed by atoms with Crippen molar-refractivity contribution in [1.82, 2.24) is 24.5 Å². The molecule has 4 rings (SSSR count). The summed E-state index contributed by atoms with van der Waals surface area (Å²) < 4.78 is 8.33. The van der Waals surface area contributed by atoms with Gasteiger partial charge in [0.1, 0.15) is 0 Å². The molecule has 1 aliphatic heterocycles. The van der Waals surface area contributed by atoms with Crippen LogP contribution in [0.3, 0.4) is 0 Å². The van der Waals surface area contributed by atoms with E-state index >= 15 is 0 Å². The number of ether oxygens (including phenoxy) is 1. The largest absolute Gasteiger partial charge is 0.465 e. The molecule has 1 aromatic carbocycles. The van der Waals surface area contributed by atoms with Crippen molar-refractivity contribution < 1.29 is 14.6 Å². The summed E-state index contributed by atoms with van der Waals surface area (Å²) in [6.07, 6.45) is 7.16. The zero-order valence-corrected chi connectivity index (χ0v) is 17.9. The normalized spacial score (nSPS) is 18.8. The molecule has 0 spiro atoms. The van der Waals surface area contributed by atoms with Gasteiger partial charge in [0, 0.05) is 30.4 Å². The fourth-order valence-electron chi connectivity index (χ4n) is 4.71.